The molecular formula is C18H18Br2N2O. The van der Waals surface area contributed by atoms with E-state index in [2.05, 4.69) is 62.1 Å². The number of nitrogens with one attached hydrogen (secondary N) is 1. The summed E-state index contributed by atoms with van der Waals surface area (Å²) >= 11 is 7.01. The normalized spacial score (nSPS) is 11.1. The van der Waals surface area contributed by atoms with Crippen LogP contribution in [-0.2, 0) is 6.42 Å². The number of hydrogen-bond acceptors (Lipinski definition) is 2. The van der Waals surface area contributed by atoms with E-state index in [4.69, 9.17) is 10.5 Å². The molecule has 3 nitrogen and oxygen atoms in total. The molecule has 5 heteroatoms. The first kappa shape index (κ1) is 16.4. The Kier molecular flexibility index (Phi) is 4.97. The number of hydrogen-bond donors (Lipinski definition) is 2. The molecule has 3 N–H and O–H groups in total. The molecule has 3 rings (SSSR count). The van der Waals surface area contributed by atoms with Crippen molar-refractivity contribution in [3.05, 3.63) is 51.0 Å². The molecule has 120 valence electrons. The number of rotatable bonds is 5. The van der Waals surface area contributed by atoms with Crippen molar-refractivity contribution in [2.75, 3.05) is 5.73 Å². The van der Waals surface area contributed by atoms with Crippen molar-refractivity contribution in [1.82, 2.24) is 4.98 Å². The fraction of sp³-hybridized carbons (Fsp3) is 0.222. The number of halogens is 2. The largest absolute Gasteiger partial charge is 0.455 e. The summed E-state index contributed by atoms with van der Waals surface area (Å²) in [7, 11) is 0. The van der Waals surface area contributed by atoms with Crippen LogP contribution in [0.2, 0.25) is 0 Å². The molecule has 0 amide bonds. The average Bonchev–Trinajstić information content (AvgIpc) is 2.91. The Morgan fingerprint density at radius 1 is 1.13 bits per heavy atom. The third kappa shape index (κ3) is 3.56. The van der Waals surface area contributed by atoms with Crippen LogP contribution < -0.4 is 10.5 Å². The molecule has 0 bridgehead atoms. The number of aryl methyl sites for hydroxylation is 1. The molecule has 0 saturated carbocycles. The van der Waals surface area contributed by atoms with E-state index in [-0.39, 0.29) is 0 Å². The quantitative estimate of drug-likeness (QED) is 0.453. The second-order valence-corrected chi connectivity index (χ2v) is 7.25. The zero-order chi connectivity index (χ0) is 16.4. The van der Waals surface area contributed by atoms with Crippen molar-refractivity contribution in [3.8, 4) is 11.5 Å². The third-order valence-corrected chi connectivity index (χ3v) is 4.96. The molecular weight excluding hydrogens is 420 g/mol. The summed E-state index contributed by atoms with van der Waals surface area (Å²) in [5.74, 6) is 1.53. The highest BCUT2D eigenvalue weighted by molar-refractivity contribution is 9.11. The van der Waals surface area contributed by atoms with E-state index in [9.17, 15) is 0 Å². The Bertz CT molecular complexity index is 819. The molecule has 0 atom stereocenters. The van der Waals surface area contributed by atoms with Gasteiger partial charge in [-0.1, -0.05) is 13.3 Å². The average molecular weight is 438 g/mol. The molecule has 2 aromatic carbocycles. The monoisotopic (exact) mass is 436 g/mol. The number of ether oxygens (including phenoxy) is 1. The van der Waals surface area contributed by atoms with Gasteiger partial charge in [0.25, 0.3) is 0 Å². The SMILES string of the molecule is CCCCc1c[nH]c2ccc(Oc3c(Br)cc(N)cc3Br)cc12. The minimum absolute atomic E-state index is 0.680. The predicted octanol–water partition coefficient (Wildman–Crippen LogP) is 6.41. The first-order chi connectivity index (χ1) is 11.1. The van der Waals surface area contributed by atoms with Gasteiger partial charge in [-0.15, -0.1) is 0 Å². The van der Waals surface area contributed by atoms with E-state index in [0.717, 1.165) is 32.4 Å². The molecule has 0 aliphatic carbocycles. The molecule has 0 fully saturated rings. The predicted molar refractivity (Wildman–Crippen MR) is 103 cm³/mol. The van der Waals surface area contributed by atoms with Crippen molar-refractivity contribution >= 4 is 48.5 Å². The topological polar surface area (TPSA) is 51.0 Å². The fourth-order valence-corrected chi connectivity index (χ4v) is 3.97. The number of benzene rings is 2. The standard InChI is InChI=1S/C18H18Br2N2O/c1-2-3-4-11-10-22-17-6-5-13(9-14(11)17)23-18-15(19)7-12(21)8-16(18)20/h5-10,22H,2-4,21H2,1H3. The van der Waals surface area contributed by atoms with Gasteiger partial charge in [0.15, 0.2) is 5.75 Å². The molecule has 0 radical (unpaired) electrons. The molecule has 23 heavy (non-hydrogen) atoms. The van der Waals surface area contributed by atoms with Crippen LogP contribution in [0.5, 0.6) is 11.5 Å². The van der Waals surface area contributed by atoms with Crippen LogP contribution in [0.15, 0.2) is 45.5 Å². The van der Waals surface area contributed by atoms with Crippen LogP contribution in [0.4, 0.5) is 5.69 Å². The number of unbranched alkanes of at least 4 members (excludes halogenated alkanes) is 1. The number of nitrogen functional groups attached to an aromatic ring is 1. The number of aromatic nitrogens is 1. The van der Waals surface area contributed by atoms with E-state index >= 15 is 0 Å². The Hall–Kier alpha value is -1.46. The maximum atomic E-state index is 6.07. The third-order valence-electron chi connectivity index (χ3n) is 3.78. The van der Waals surface area contributed by atoms with E-state index in [1.807, 2.05) is 18.2 Å². The number of aromatic amines is 1. The lowest BCUT2D eigenvalue weighted by Crippen LogP contribution is -1.91. The van der Waals surface area contributed by atoms with Gasteiger partial charge in [0.05, 0.1) is 8.95 Å². The lowest BCUT2D eigenvalue weighted by molar-refractivity contribution is 0.477. The van der Waals surface area contributed by atoms with Crippen LogP contribution in [0, 0.1) is 0 Å². The summed E-state index contributed by atoms with van der Waals surface area (Å²) in [6, 6.07) is 9.78. The van der Waals surface area contributed by atoms with E-state index in [1.165, 1.54) is 23.8 Å². The maximum Gasteiger partial charge on any atom is 0.155 e. The second kappa shape index (κ2) is 6.97. The number of anilines is 1. The van der Waals surface area contributed by atoms with Crippen molar-refractivity contribution in [2.24, 2.45) is 0 Å². The summed E-state index contributed by atoms with van der Waals surface area (Å²) < 4.78 is 7.72. The van der Waals surface area contributed by atoms with Crippen molar-refractivity contribution in [3.63, 3.8) is 0 Å². The Morgan fingerprint density at radius 3 is 2.57 bits per heavy atom. The van der Waals surface area contributed by atoms with Gasteiger partial charge in [-0.25, -0.2) is 0 Å². The van der Waals surface area contributed by atoms with Gasteiger partial charge in [0.1, 0.15) is 5.75 Å². The van der Waals surface area contributed by atoms with Crippen LogP contribution in [0.3, 0.4) is 0 Å². The van der Waals surface area contributed by atoms with Crippen LogP contribution in [0.25, 0.3) is 10.9 Å². The summed E-state index contributed by atoms with van der Waals surface area (Å²) in [4.78, 5) is 3.33. The number of fused-ring (bicyclic) bond motifs is 1. The lowest BCUT2D eigenvalue weighted by atomic mass is 10.1. The first-order valence-corrected chi connectivity index (χ1v) is 9.19. The van der Waals surface area contributed by atoms with Gasteiger partial charge in [-0.3, -0.25) is 0 Å². The summed E-state index contributed by atoms with van der Waals surface area (Å²) in [5.41, 5.74) is 8.98. The van der Waals surface area contributed by atoms with Gasteiger partial charge >= 0.3 is 0 Å². The maximum absolute atomic E-state index is 6.07. The zero-order valence-electron chi connectivity index (χ0n) is 12.8. The Morgan fingerprint density at radius 2 is 1.87 bits per heavy atom. The van der Waals surface area contributed by atoms with Crippen molar-refractivity contribution in [2.45, 2.75) is 26.2 Å². The zero-order valence-corrected chi connectivity index (χ0v) is 16.0. The molecule has 0 spiro atoms. The molecule has 0 saturated heterocycles. The van der Waals surface area contributed by atoms with Crippen LogP contribution in [-0.4, -0.2) is 4.98 Å². The van der Waals surface area contributed by atoms with E-state index < -0.39 is 0 Å². The smallest absolute Gasteiger partial charge is 0.155 e. The van der Waals surface area contributed by atoms with Gasteiger partial charge in [0, 0.05) is 22.8 Å². The van der Waals surface area contributed by atoms with Crippen LogP contribution in [0.1, 0.15) is 25.3 Å². The van der Waals surface area contributed by atoms with Crippen molar-refractivity contribution < 1.29 is 4.74 Å². The number of nitrogens with two attached hydrogens (primary N) is 1. The van der Waals surface area contributed by atoms with Crippen molar-refractivity contribution in [1.29, 1.82) is 0 Å². The molecule has 0 unspecified atom stereocenters. The highest BCUT2D eigenvalue weighted by Crippen LogP contribution is 2.39. The number of H-pyrrole nitrogens is 1. The van der Waals surface area contributed by atoms with Gasteiger partial charge in [0.2, 0.25) is 0 Å². The highest BCUT2D eigenvalue weighted by atomic mass is 79.9. The highest BCUT2D eigenvalue weighted by Gasteiger charge is 2.11. The van der Waals surface area contributed by atoms with Gasteiger partial charge in [-0.05, 0) is 80.6 Å². The minimum Gasteiger partial charge on any atom is -0.455 e. The molecule has 0 aliphatic rings. The first-order valence-electron chi connectivity index (χ1n) is 7.61. The summed E-state index contributed by atoms with van der Waals surface area (Å²) in [6.45, 7) is 2.21. The minimum atomic E-state index is 0.680. The van der Waals surface area contributed by atoms with Crippen LogP contribution >= 0.6 is 31.9 Å². The molecule has 1 aromatic heterocycles. The molecule has 3 aromatic rings. The molecule has 0 aliphatic heterocycles. The van der Waals surface area contributed by atoms with E-state index in [0.29, 0.717) is 5.69 Å². The van der Waals surface area contributed by atoms with Gasteiger partial charge < -0.3 is 15.5 Å². The van der Waals surface area contributed by atoms with E-state index in [1.54, 1.807) is 0 Å². The molecule has 1 heterocycles. The Balaban J connectivity index is 1.94. The lowest BCUT2D eigenvalue weighted by Gasteiger charge is -2.11. The van der Waals surface area contributed by atoms with Gasteiger partial charge in [-0.2, -0.15) is 0 Å². The summed E-state index contributed by atoms with van der Waals surface area (Å²) in [5, 5.41) is 1.22. The fourth-order valence-electron chi connectivity index (χ4n) is 2.59. The Labute approximate surface area is 152 Å². The second-order valence-electron chi connectivity index (χ2n) is 5.54. The summed E-state index contributed by atoms with van der Waals surface area (Å²) in [6.07, 6.45) is 5.55.